The summed E-state index contributed by atoms with van der Waals surface area (Å²) in [5.74, 6) is -1.22. The summed E-state index contributed by atoms with van der Waals surface area (Å²) in [6.07, 6.45) is 4.22. The Morgan fingerprint density at radius 2 is 2.21 bits per heavy atom. The van der Waals surface area contributed by atoms with Crippen molar-refractivity contribution in [3.05, 3.63) is 35.9 Å². The van der Waals surface area contributed by atoms with Crippen molar-refractivity contribution >= 4 is 16.0 Å². The minimum atomic E-state index is -3.78. The van der Waals surface area contributed by atoms with E-state index in [1.54, 1.807) is 13.1 Å². The molecule has 0 spiro atoms. The first kappa shape index (κ1) is 13.3. The summed E-state index contributed by atoms with van der Waals surface area (Å²) in [7, 11) is -3.78. The number of aromatic nitrogens is 3. The maximum Gasteiger partial charge on any atom is 0.352 e. The number of carbonyl (C=O) groups is 1. The molecule has 0 saturated carbocycles. The third-order valence-corrected chi connectivity index (χ3v) is 4.07. The normalized spacial score (nSPS) is 13.3. The Morgan fingerprint density at radius 1 is 1.47 bits per heavy atom. The van der Waals surface area contributed by atoms with Gasteiger partial charge in [0.15, 0.2) is 0 Å². The molecule has 0 aromatic carbocycles. The zero-order chi connectivity index (χ0) is 14.0. The van der Waals surface area contributed by atoms with Crippen LogP contribution < -0.4 is 4.72 Å². The number of nitrogens with zero attached hydrogens (tertiary/aromatic N) is 1. The molecule has 0 amide bonds. The van der Waals surface area contributed by atoms with Crippen LogP contribution in [0.15, 0.2) is 29.6 Å². The fraction of sp³-hybridized carbons (Fsp3) is 0.200. The van der Waals surface area contributed by atoms with Crippen LogP contribution in [0.25, 0.3) is 0 Å². The maximum atomic E-state index is 12.0. The molecule has 19 heavy (non-hydrogen) atoms. The Kier molecular flexibility index (Phi) is 3.40. The van der Waals surface area contributed by atoms with Gasteiger partial charge in [-0.15, -0.1) is 0 Å². The van der Waals surface area contributed by atoms with E-state index in [-0.39, 0.29) is 10.6 Å². The van der Waals surface area contributed by atoms with Crippen LogP contribution in [-0.4, -0.2) is 34.7 Å². The number of hydrogen-bond acceptors (Lipinski definition) is 4. The van der Waals surface area contributed by atoms with Gasteiger partial charge in [0.2, 0.25) is 10.0 Å². The minimum Gasteiger partial charge on any atom is -0.477 e. The van der Waals surface area contributed by atoms with E-state index in [9.17, 15) is 13.2 Å². The summed E-state index contributed by atoms with van der Waals surface area (Å²) >= 11 is 0. The quantitative estimate of drug-likeness (QED) is 0.634. The molecule has 1 unspecified atom stereocenters. The Labute approximate surface area is 108 Å². The number of aromatic amines is 2. The van der Waals surface area contributed by atoms with Crippen molar-refractivity contribution in [1.29, 1.82) is 0 Å². The van der Waals surface area contributed by atoms with Crippen LogP contribution in [0.2, 0.25) is 0 Å². The third-order valence-electron chi connectivity index (χ3n) is 2.55. The standard InChI is InChI=1S/C10H12N4O4S/c1-6(7-3-12-13-4-7)14-19(17,18)8-2-9(10(15)16)11-5-8/h2-6,11,14H,1H3,(H,12,13)(H,15,16). The second-order valence-electron chi connectivity index (χ2n) is 3.93. The predicted molar refractivity (Wildman–Crippen MR) is 65.1 cm³/mol. The molecule has 1 atom stereocenters. The zero-order valence-corrected chi connectivity index (χ0v) is 10.7. The van der Waals surface area contributed by atoms with Gasteiger partial charge in [0.25, 0.3) is 0 Å². The predicted octanol–water partition coefficient (Wildman–Crippen LogP) is 0.475. The lowest BCUT2D eigenvalue weighted by Crippen LogP contribution is -2.26. The van der Waals surface area contributed by atoms with E-state index in [4.69, 9.17) is 5.11 Å². The Bertz CT molecular complexity index is 674. The highest BCUT2D eigenvalue weighted by Crippen LogP contribution is 2.16. The van der Waals surface area contributed by atoms with E-state index >= 15 is 0 Å². The molecule has 0 bridgehead atoms. The molecular formula is C10H12N4O4S. The monoisotopic (exact) mass is 284 g/mol. The van der Waals surface area contributed by atoms with Crippen molar-refractivity contribution in [2.75, 3.05) is 0 Å². The van der Waals surface area contributed by atoms with Gasteiger partial charge in [-0.2, -0.15) is 5.10 Å². The molecule has 4 N–H and O–H groups in total. The van der Waals surface area contributed by atoms with Gasteiger partial charge < -0.3 is 10.1 Å². The molecule has 0 fully saturated rings. The van der Waals surface area contributed by atoms with E-state index in [0.717, 1.165) is 12.3 Å². The molecule has 8 nitrogen and oxygen atoms in total. The summed E-state index contributed by atoms with van der Waals surface area (Å²) in [4.78, 5) is 12.9. The van der Waals surface area contributed by atoms with E-state index in [1.165, 1.54) is 6.20 Å². The molecule has 0 radical (unpaired) electrons. The first-order valence-electron chi connectivity index (χ1n) is 5.33. The van der Waals surface area contributed by atoms with E-state index in [2.05, 4.69) is 19.9 Å². The number of hydrogen-bond donors (Lipinski definition) is 4. The fourth-order valence-corrected chi connectivity index (χ4v) is 2.74. The molecule has 0 aliphatic heterocycles. The number of carboxylic acids is 1. The summed E-state index contributed by atoms with van der Waals surface area (Å²) in [6, 6.07) is 0.583. The van der Waals surface area contributed by atoms with Crippen molar-refractivity contribution < 1.29 is 18.3 Å². The van der Waals surface area contributed by atoms with Crippen molar-refractivity contribution in [1.82, 2.24) is 19.9 Å². The van der Waals surface area contributed by atoms with Crippen LogP contribution in [0.3, 0.4) is 0 Å². The first-order chi connectivity index (χ1) is 8.90. The third kappa shape index (κ3) is 2.83. The number of carboxylic acid groups (broad SMARTS) is 1. The largest absolute Gasteiger partial charge is 0.477 e. The molecule has 2 aromatic rings. The van der Waals surface area contributed by atoms with Crippen LogP contribution in [-0.2, 0) is 10.0 Å². The van der Waals surface area contributed by atoms with Crippen LogP contribution in [0.4, 0.5) is 0 Å². The number of nitrogens with one attached hydrogen (secondary N) is 3. The Hall–Kier alpha value is -2.13. The van der Waals surface area contributed by atoms with Crippen molar-refractivity contribution in [2.24, 2.45) is 0 Å². The summed E-state index contributed by atoms with van der Waals surface area (Å²) in [5.41, 5.74) is 0.494. The van der Waals surface area contributed by atoms with Gasteiger partial charge >= 0.3 is 5.97 Å². The Balaban J connectivity index is 2.20. The minimum absolute atomic E-state index is 0.125. The first-order valence-corrected chi connectivity index (χ1v) is 6.81. The highest BCUT2D eigenvalue weighted by Gasteiger charge is 2.21. The van der Waals surface area contributed by atoms with Gasteiger partial charge in [0.05, 0.1) is 6.20 Å². The highest BCUT2D eigenvalue weighted by molar-refractivity contribution is 7.89. The summed E-state index contributed by atoms with van der Waals surface area (Å²) < 4.78 is 26.5. The molecule has 0 saturated heterocycles. The van der Waals surface area contributed by atoms with Gasteiger partial charge in [0.1, 0.15) is 10.6 Å². The fourth-order valence-electron chi connectivity index (χ4n) is 1.52. The molecule has 0 aliphatic rings. The molecule has 9 heteroatoms. The van der Waals surface area contributed by atoms with Gasteiger partial charge in [-0.25, -0.2) is 17.9 Å². The van der Waals surface area contributed by atoms with E-state index < -0.39 is 22.0 Å². The molecular weight excluding hydrogens is 272 g/mol. The lowest BCUT2D eigenvalue weighted by Gasteiger charge is -2.11. The second kappa shape index (κ2) is 4.86. The maximum absolute atomic E-state index is 12.0. The lowest BCUT2D eigenvalue weighted by molar-refractivity contribution is 0.0691. The molecule has 2 aromatic heterocycles. The van der Waals surface area contributed by atoms with Gasteiger partial charge in [-0.1, -0.05) is 0 Å². The van der Waals surface area contributed by atoms with Crippen LogP contribution in [0, 0.1) is 0 Å². The number of H-pyrrole nitrogens is 2. The highest BCUT2D eigenvalue weighted by atomic mass is 32.2. The Morgan fingerprint density at radius 3 is 2.74 bits per heavy atom. The lowest BCUT2D eigenvalue weighted by atomic mass is 10.2. The second-order valence-corrected chi connectivity index (χ2v) is 5.64. The average molecular weight is 284 g/mol. The van der Waals surface area contributed by atoms with Gasteiger partial charge in [-0.3, -0.25) is 5.10 Å². The van der Waals surface area contributed by atoms with Gasteiger partial charge in [0, 0.05) is 24.0 Å². The zero-order valence-electron chi connectivity index (χ0n) is 9.91. The molecule has 2 rings (SSSR count). The smallest absolute Gasteiger partial charge is 0.352 e. The van der Waals surface area contributed by atoms with Crippen LogP contribution >= 0.6 is 0 Å². The topological polar surface area (TPSA) is 128 Å². The molecule has 102 valence electrons. The average Bonchev–Trinajstić information content (AvgIpc) is 3.00. The van der Waals surface area contributed by atoms with Crippen molar-refractivity contribution in [3.8, 4) is 0 Å². The van der Waals surface area contributed by atoms with E-state index in [1.807, 2.05) is 0 Å². The number of rotatable bonds is 5. The molecule has 2 heterocycles. The molecule has 0 aliphatic carbocycles. The van der Waals surface area contributed by atoms with Crippen LogP contribution in [0.5, 0.6) is 0 Å². The number of sulfonamides is 1. The summed E-state index contributed by atoms with van der Waals surface area (Å²) in [5, 5.41) is 15.1. The van der Waals surface area contributed by atoms with Gasteiger partial charge in [-0.05, 0) is 13.0 Å². The van der Waals surface area contributed by atoms with Crippen molar-refractivity contribution in [2.45, 2.75) is 17.9 Å². The van der Waals surface area contributed by atoms with E-state index in [0.29, 0.717) is 5.56 Å². The van der Waals surface area contributed by atoms with Crippen LogP contribution in [0.1, 0.15) is 29.0 Å². The SMILES string of the molecule is CC(NS(=O)(=O)c1c[nH]c(C(=O)O)c1)c1cn[nH]c1. The summed E-state index contributed by atoms with van der Waals surface area (Å²) in [6.45, 7) is 1.66. The van der Waals surface area contributed by atoms with Crippen molar-refractivity contribution in [3.63, 3.8) is 0 Å². The number of aromatic carboxylic acids is 1.